The van der Waals surface area contributed by atoms with E-state index in [1.165, 1.54) is 0 Å². The Labute approximate surface area is 134 Å². The van der Waals surface area contributed by atoms with Gasteiger partial charge in [-0.1, -0.05) is 12.1 Å². The van der Waals surface area contributed by atoms with Crippen molar-refractivity contribution in [3.05, 3.63) is 30.2 Å². The number of nitrogens with zero attached hydrogens (tertiary/aromatic N) is 5. The number of anilines is 1. The van der Waals surface area contributed by atoms with Gasteiger partial charge in [0, 0.05) is 24.3 Å². The monoisotopic (exact) mass is 312 g/mol. The molecule has 1 N–H and O–H groups in total. The largest absolute Gasteiger partial charge is 0.323 e. The van der Waals surface area contributed by atoms with E-state index in [9.17, 15) is 4.79 Å². The van der Waals surface area contributed by atoms with Crippen molar-refractivity contribution in [3.8, 4) is 5.69 Å². The molecule has 0 radical (unpaired) electrons. The molecule has 2 saturated heterocycles. The lowest BCUT2D eigenvalue weighted by atomic mass is 9.74. The molecule has 0 aromatic carbocycles. The van der Waals surface area contributed by atoms with Gasteiger partial charge in [0.1, 0.15) is 5.82 Å². The summed E-state index contributed by atoms with van der Waals surface area (Å²) in [5.41, 5.74) is 1.84. The Balaban J connectivity index is 1.51. The molecule has 4 rings (SSSR count). The van der Waals surface area contributed by atoms with Crippen molar-refractivity contribution in [2.24, 2.45) is 5.92 Å². The van der Waals surface area contributed by atoms with Gasteiger partial charge < -0.3 is 4.90 Å². The number of nitrogens with one attached hydrogen (secondary N) is 1. The number of pyridine rings is 1. The molecular formula is C16H20N6O. The number of amides is 2. The second-order valence-corrected chi connectivity index (χ2v) is 6.66. The van der Waals surface area contributed by atoms with Crippen LogP contribution >= 0.6 is 0 Å². The molecule has 0 saturated carbocycles. The summed E-state index contributed by atoms with van der Waals surface area (Å²) >= 11 is 0. The lowest BCUT2D eigenvalue weighted by molar-refractivity contribution is -0.00603. The molecule has 2 aliphatic heterocycles. The first-order chi connectivity index (χ1) is 11.1. The highest BCUT2D eigenvalue weighted by molar-refractivity contribution is 5.89. The van der Waals surface area contributed by atoms with Crippen LogP contribution in [-0.4, -0.2) is 43.0 Å². The Morgan fingerprint density at radius 1 is 1.30 bits per heavy atom. The zero-order valence-corrected chi connectivity index (χ0v) is 13.3. The van der Waals surface area contributed by atoms with Crippen LogP contribution in [0.25, 0.3) is 5.69 Å². The van der Waals surface area contributed by atoms with Crippen LogP contribution in [0.1, 0.15) is 31.7 Å². The number of hydrogen-bond donors (Lipinski definition) is 1. The zero-order valence-electron chi connectivity index (χ0n) is 13.3. The highest BCUT2D eigenvalue weighted by atomic mass is 16.2. The SMILES string of the molecule is Cc1cnc(NC(=O)N2C3CC(C)CC2C3)cc1-n1ccnn1. The minimum absolute atomic E-state index is 0.0426. The number of carbonyl (C=O) groups is 1. The quantitative estimate of drug-likeness (QED) is 0.923. The number of aryl methyl sites for hydroxylation is 1. The fraction of sp³-hybridized carbons (Fsp3) is 0.500. The molecule has 2 atom stereocenters. The Kier molecular flexibility index (Phi) is 3.28. The van der Waals surface area contributed by atoms with Gasteiger partial charge >= 0.3 is 6.03 Å². The van der Waals surface area contributed by atoms with E-state index >= 15 is 0 Å². The first kappa shape index (κ1) is 14.2. The summed E-state index contributed by atoms with van der Waals surface area (Å²) in [5, 5.41) is 10.8. The lowest BCUT2D eigenvalue weighted by Crippen LogP contribution is -2.63. The average molecular weight is 312 g/mol. The fourth-order valence-electron chi connectivity index (χ4n) is 3.82. The number of piperidine rings is 1. The van der Waals surface area contributed by atoms with Crippen molar-refractivity contribution in [1.29, 1.82) is 0 Å². The number of fused-ring (bicyclic) bond motifs is 2. The fourth-order valence-corrected chi connectivity index (χ4v) is 3.82. The van der Waals surface area contributed by atoms with E-state index < -0.39 is 0 Å². The van der Waals surface area contributed by atoms with E-state index in [0.717, 1.165) is 36.4 Å². The van der Waals surface area contributed by atoms with Crippen LogP contribution in [-0.2, 0) is 0 Å². The summed E-state index contributed by atoms with van der Waals surface area (Å²) in [4.78, 5) is 18.8. The molecule has 7 nitrogen and oxygen atoms in total. The van der Waals surface area contributed by atoms with Gasteiger partial charge in [0.05, 0.1) is 18.1 Å². The molecule has 2 aromatic rings. The summed E-state index contributed by atoms with van der Waals surface area (Å²) < 4.78 is 1.67. The normalized spacial score (nSPS) is 25.8. The topological polar surface area (TPSA) is 75.9 Å². The number of aromatic nitrogens is 4. The van der Waals surface area contributed by atoms with Gasteiger partial charge in [0.15, 0.2) is 0 Å². The predicted octanol–water partition coefficient (Wildman–Crippen LogP) is 2.38. The van der Waals surface area contributed by atoms with Crippen LogP contribution in [0.4, 0.5) is 10.6 Å². The first-order valence-electron chi connectivity index (χ1n) is 8.04. The van der Waals surface area contributed by atoms with Gasteiger partial charge in [-0.3, -0.25) is 5.32 Å². The van der Waals surface area contributed by atoms with Gasteiger partial charge in [0.2, 0.25) is 0 Å². The first-order valence-corrected chi connectivity index (χ1v) is 8.04. The van der Waals surface area contributed by atoms with Crippen molar-refractivity contribution < 1.29 is 4.79 Å². The minimum atomic E-state index is -0.0426. The number of carbonyl (C=O) groups excluding carboxylic acids is 1. The molecule has 4 heterocycles. The van der Waals surface area contributed by atoms with Gasteiger partial charge in [-0.2, -0.15) is 0 Å². The van der Waals surface area contributed by atoms with Crippen molar-refractivity contribution in [2.45, 2.75) is 45.2 Å². The molecule has 2 unspecified atom stereocenters. The second-order valence-electron chi connectivity index (χ2n) is 6.66. The molecule has 2 bridgehead atoms. The molecule has 7 heteroatoms. The van der Waals surface area contributed by atoms with Crippen LogP contribution in [0.3, 0.4) is 0 Å². The van der Waals surface area contributed by atoms with Gasteiger partial charge in [0.25, 0.3) is 0 Å². The van der Waals surface area contributed by atoms with Crippen molar-refractivity contribution in [1.82, 2.24) is 24.9 Å². The van der Waals surface area contributed by atoms with Crippen LogP contribution in [0, 0.1) is 12.8 Å². The van der Waals surface area contributed by atoms with E-state index in [-0.39, 0.29) is 6.03 Å². The van der Waals surface area contributed by atoms with E-state index in [2.05, 4.69) is 27.5 Å². The summed E-state index contributed by atoms with van der Waals surface area (Å²) in [6.07, 6.45) is 8.50. The third kappa shape index (κ3) is 2.46. The maximum absolute atomic E-state index is 12.5. The molecular weight excluding hydrogens is 292 g/mol. The van der Waals surface area contributed by atoms with Crippen molar-refractivity contribution in [3.63, 3.8) is 0 Å². The molecule has 2 fully saturated rings. The zero-order chi connectivity index (χ0) is 16.0. The Morgan fingerprint density at radius 2 is 2.09 bits per heavy atom. The molecule has 0 spiro atoms. The van der Waals surface area contributed by atoms with Crippen LogP contribution in [0.5, 0.6) is 0 Å². The third-order valence-electron chi connectivity index (χ3n) is 4.89. The highest BCUT2D eigenvalue weighted by Gasteiger charge is 2.46. The summed E-state index contributed by atoms with van der Waals surface area (Å²) in [6, 6.07) is 2.58. The average Bonchev–Trinajstić information content (AvgIpc) is 3.02. The molecule has 2 aliphatic rings. The van der Waals surface area contributed by atoms with Crippen LogP contribution in [0.2, 0.25) is 0 Å². The molecule has 120 valence electrons. The lowest BCUT2D eigenvalue weighted by Gasteiger charge is -2.54. The highest BCUT2D eigenvalue weighted by Crippen LogP contribution is 2.41. The third-order valence-corrected chi connectivity index (χ3v) is 4.89. The van der Waals surface area contributed by atoms with E-state index in [4.69, 9.17) is 0 Å². The number of rotatable bonds is 2. The summed E-state index contributed by atoms with van der Waals surface area (Å²) in [7, 11) is 0. The molecule has 2 aromatic heterocycles. The maximum Gasteiger partial charge on any atom is 0.323 e. The molecule has 23 heavy (non-hydrogen) atoms. The van der Waals surface area contributed by atoms with E-state index in [1.54, 1.807) is 23.3 Å². The van der Waals surface area contributed by atoms with Crippen LogP contribution in [0.15, 0.2) is 24.7 Å². The van der Waals surface area contributed by atoms with Crippen molar-refractivity contribution >= 4 is 11.8 Å². The smallest absolute Gasteiger partial charge is 0.318 e. The van der Waals surface area contributed by atoms with E-state index in [0.29, 0.717) is 17.9 Å². The van der Waals surface area contributed by atoms with E-state index in [1.807, 2.05) is 17.9 Å². The predicted molar refractivity (Wildman–Crippen MR) is 85.3 cm³/mol. The maximum atomic E-state index is 12.5. The standard InChI is InChI=1S/C16H20N6O/c1-10-5-12-7-13(6-10)22(12)16(23)19-15-8-14(11(2)9-17-15)21-4-3-18-20-21/h3-4,8-10,12-13H,5-7H2,1-2H3,(H,17,19,23). The van der Waals surface area contributed by atoms with Gasteiger partial charge in [-0.25, -0.2) is 14.5 Å². The van der Waals surface area contributed by atoms with Crippen molar-refractivity contribution in [2.75, 3.05) is 5.32 Å². The second kappa shape index (κ2) is 5.33. The number of urea groups is 1. The number of hydrogen-bond acceptors (Lipinski definition) is 4. The minimum Gasteiger partial charge on any atom is -0.318 e. The summed E-state index contributed by atoms with van der Waals surface area (Å²) in [5.74, 6) is 1.27. The van der Waals surface area contributed by atoms with Gasteiger partial charge in [-0.05, 0) is 37.7 Å². The Bertz CT molecular complexity index is 716. The summed E-state index contributed by atoms with van der Waals surface area (Å²) in [6.45, 7) is 4.22. The molecule has 2 amide bonds. The Hall–Kier alpha value is -2.44. The Morgan fingerprint density at radius 3 is 2.78 bits per heavy atom. The van der Waals surface area contributed by atoms with Crippen LogP contribution < -0.4 is 5.32 Å². The van der Waals surface area contributed by atoms with Gasteiger partial charge in [-0.15, -0.1) is 5.10 Å². The molecule has 0 aliphatic carbocycles.